The Morgan fingerprint density at radius 2 is 1.71 bits per heavy atom. The molecule has 0 aliphatic carbocycles. The molecule has 108 valence electrons. The van der Waals surface area contributed by atoms with Crippen LogP contribution in [0.5, 0.6) is 0 Å². The first-order chi connectivity index (χ1) is 10.1. The number of para-hydroxylation sites is 1. The number of hydrogen-bond donors (Lipinski definition) is 0. The van der Waals surface area contributed by atoms with Gasteiger partial charge in [0.2, 0.25) is 0 Å². The lowest BCUT2D eigenvalue weighted by atomic mass is 9.96. The Hall–Kier alpha value is -2.09. The fourth-order valence-electron chi connectivity index (χ4n) is 3.16. The van der Waals surface area contributed by atoms with E-state index in [2.05, 4.69) is 67.8 Å². The zero-order chi connectivity index (χ0) is 15.0. The van der Waals surface area contributed by atoms with Gasteiger partial charge in [0.05, 0.1) is 0 Å². The summed E-state index contributed by atoms with van der Waals surface area (Å²) in [5.74, 6) is 0.271. The predicted octanol–water partition coefficient (Wildman–Crippen LogP) is 5.07. The standard InChI is InChI=1S/C19H21NO/c1-13(2)20-18-7-5-4-6-16(18)17-12-15(8-9-19(17)20)14(3)10-11-21/h4-9,11-14H,10H2,1-3H3. The SMILES string of the molecule is CC(CC=O)c1ccc2c(c1)c1ccccc1n2C(C)C. The number of nitrogens with zero attached hydrogens (tertiary/aromatic N) is 1. The van der Waals surface area contributed by atoms with Gasteiger partial charge in [-0.2, -0.15) is 0 Å². The van der Waals surface area contributed by atoms with E-state index in [-0.39, 0.29) is 5.92 Å². The van der Waals surface area contributed by atoms with E-state index in [4.69, 9.17) is 0 Å². The van der Waals surface area contributed by atoms with Crippen LogP contribution in [0.4, 0.5) is 0 Å². The highest BCUT2D eigenvalue weighted by Crippen LogP contribution is 2.33. The Labute approximate surface area is 125 Å². The topological polar surface area (TPSA) is 22.0 Å². The summed E-state index contributed by atoms with van der Waals surface area (Å²) in [6, 6.07) is 15.6. The summed E-state index contributed by atoms with van der Waals surface area (Å²) in [6.45, 7) is 6.54. The van der Waals surface area contributed by atoms with Crippen LogP contribution >= 0.6 is 0 Å². The third-order valence-electron chi connectivity index (χ3n) is 4.27. The Bertz CT molecular complexity index is 798. The quantitative estimate of drug-likeness (QED) is 0.611. The van der Waals surface area contributed by atoms with E-state index < -0.39 is 0 Å². The third kappa shape index (κ3) is 2.25. The lowest BCUT2D eigenvalue weighted by molar-refractivity contribution is -0.108. The van der Waals surface area contributed by atoms with E-state index in [0.717, 1.165) is 6.29 Å². The summed E-state index contributed by atoms with van der Waals surface area (Å²) < 4.78 is 2.39. The van der Waals surface area contributed by atoms with Gasteiger partial charge in [-0.15, -0.1) is 0 Å². The molecule has 1 heterocycles. The average molecular weight is 279 g/mol. The van der Waals surface area contributed by atoms with Crippen molar-refractivity contribution in [3.63, 3.8) is 0 Å². The number of carbonyl (C=O) groups excluding carboxylic acids is 1. The maximum Gasteiger partial charge on any atom is 0.120 e. The molecule has 0 bridgehead atoms. The zero-order valence-corrected chi connectivity index (χ0v) is 12.8. The first-order valence-electron chi connectivity index (χ1n) is 7.59. The van der Waals surface area contributed by atoms with Crippen molar-refractivity contribution in [1.82, 2.24) is 4.57 Å². The van der Waals surface area contributed by atoms with Crippen LogP contribution in [-0.4, -0.2) is 10.9 Å². The molecule has 0 fully saturated rings. The maximum absolute atomic E-state index is 10.8. The number of hydrogen-bond acceptors (Lipinski definition) is 1. The molecule has 3 rings (SSSR count). The first-order valence-corrected chi connectivity index (χ1v) is 7.59. The molecule has 0 aliphatic heterocycles. The second-order valence-electron chi connectivity index (χ2n) is 6.06. The van der Waals surface area contributed by atoms with Crippen molar-refractivity contribution >= 4 is 28.1 Å². The molecule has 2 nitrogen and oxygen atoms in total. The molecule has 0 spiro atoms. The minimum Gasteiger partial charge on any atom is -0.338 e. The minimum absolute atomic E-state index is 0.271. The van der Waals surface area contributed by atoms with Crippen molar-refractivity contribution in [3.8, 4) is 0 Å². The molecule has 1 aromatic heterocycles. The van der Waals surface area contributed by atoms with E-state index in [1.165, 1.54) is 27.4 Å². The summed E-state index contributed by atoms with van der Waals surface area (Å²) in [5, 5.41) is 2.58. The third-order valence-corrected chi connectivity index (χ3v) is 4.27. The van der Waals surface area contributed by atoms with Gasteiger partial charge in [0.1, 0.15) is 6.29 Å². The van der Waals surface area contributed by atoms with Crippen molar-refractivity contribution in [2.75, 3.05) is 0 Å². The van der Waals surface area contributed by atoms with Crippen LogP contribution in [0.1, 0.15) is 44.7 Å². The summed E-state index contributed by atoms with van der Waals surface area (Å²) >= 11 is 0. The lowest BCUT2D eigenvalue weighted by Crippen LogP contribution is -2.00. The fourth-order valence-corrected chi connectivity index (χ4v) is 3.16. The highest BCUT2D eigenvalue weighted by Gasteiger charge is 2.14. The number of rotatable bonds is 4. The van der Waals surface area contributed by atoms with Crippen LogP contribution in [0.25, 0.3) is 21.8 Å². The van der Waals surface area contributed by atoms with Gasteiger partial charge in [0.25, 0.3) is 0 Å². The Morgan fingerprint density at radius 1 is 1.00 bits per heavy atom. The molecule has 0 saturated carbocycles. The number of aldehydes is 1. The lowest BCUT2D eigenvalue weighted by Gasteiger charge is -2.12. The Kier molecular flexibility index (Phi) is 3.54. The van der Waals surface area contributed by atoms with E-state index in [1.54, 1.807) is 0 Å². The van der Waals surface area contributed by atoms with Crippen molar-refractivity contribution in [1.29, 1.82) is 0 Å². The monoisotopic (exact) mass is 279 g/mol. The van der Waals surface area contributed by atoms with Crippen LogP contribution in [0, 0.1) is 0 Å². The molecule has 0 saturated heterocycles. The van der Waals surface area contributed by atoms with Gasteiger partial charge < -0.3 is 9.36 Å². The molecule has 0 radical (unpaired) electrons. The maximum atomic E-state index is 10.8. The Balaban J connectivity index is 2.30. The van der Waals surface area contributed by atoms with Gasteiger partial charge in [-0.3, -0.25) is 0 Å². The van der Waals surface area contributed by atoms with E-state index >= 15 is 0 Å². The van der Waals surface area contributed by atoms with Crippen LogP contribution < -0.4 is 0 Å². The van der Waals surface area contributed by atoms with Gasteiger partial charge in [-0.25, -0.2) is 0 Å². The summed E-state index contributed by atoms with van der Waals surface area (Å²) in [7, 11) is 0. The number of benzene rings is 2. The Morgan fingerprint density at radius 3 is 2.43 bits per heavy atom. The van der Waals surface area contributed by atoms with Crippen molar-refractivity contribution in [2.24, 2.45) is 0 Å². The van der Waals surface area contributed by atoms with E-state index in [9.17, 15) is 4.79 Å². The summed E-state index contributed by atoms with van der Waals surface area (Å²) in [4.78, 5) is 10.8. The molecule has 1 unspecified atom stereocenters. The van der Waals surface area contributed by atoms with Gasteiger partial charge >= 0.3 is 0 Å². The minimum atomic E-state index is 0.271. The fraction of sp³-hybridized carbons (Fsp3) is 0.316. The summed E-state index contributed by atoms with van der Waals surface area (Å²) in [5.41, 5.74) is 3.79. The van der Waals surface area contributed by atoms with Gasteiger partial charge in [-0.05, 0) is 43.5 Å². The normalized spacial score (nSPS) is 13.1. The van der Waals surface area contributed by atoms with Gasteiger partial charge in [0, 0.05) is 34.3 Å². The van der Waals surface area contributed by atoms with E-state index in [1.807, 2.05) is 0 Å². The molecule has 1 atom stereocenters. The van der Waals surface area contributed by atoms with Crippen LogP contribution in [0.15, 0.2) is 42.5 Å². The highest BCUT2D eigenvalue weighted by molar-refractivity contribution is 6.08. The van der Waals surface area contributed by atoms with Crippen molar-refractivity contribution in [3.05, 3.63) is 48.0 Å². The van der Waals surface area contributed by atoms with Gasteiger partial charge in [-0.1, -0.05) is 31.2 Å². The molecule has 3 aromatic rings. The summed E-state index contributed by atoms with van der Waals surface area (Å²) in [6.07, 6.45) is 1.58. The van der Waals surface area contributed by atoms with E-state index in [0.29, 0.717) is 12.5 Å². The van der Waals surface area contributed by atoms with Crippen molar-refractivity contribution in [2.45, 2.75) is 39.2 Å². The molecular formula is C19H21NO. The zero-order valence-electron chi connectivity index (χ0n) is 12.8. The molecule has 0 N–H and O–H groups in total. The number of carbonyl (C=O) groups is 1. The molecule has 21 heavy (non-hydrogen) atoms. The van der Waals surface area contributed by atoms with Gasteiger partial charge in [0.15, 0.2) is 0 Å². The van der Waals surface area contributed by atoms with Crippen LogP contribution in [-0.2, 0) is 4.79 Å². The largest absolute Gasteiger partial charge is 0.338 e. The van der Waals surface area contributed by atoms with Crippen LogP contribution in [0.2, 0.25) is 0 Å². The van der Waals surface area contributed by atoms with Crippen LogP contribution in [0.3, 0.4) is 0 Å². The molecule has 2 heteroatoms. The average Bonchev–Trinajstić information content (AvgIpc) is 2.81. The number of aromatic nitrogens is 1. The molecular weight excluding hydrogens is 258 g/mol. The molecule has 2 aromatic carbocycles. The smallest absolute Gasteiger partial charge is 0.120 e. The second kappa shape index (κ2) is 5.36. The molecule has 0 aliphatic rings. The number of fused-ring (bicyclic) bond motifs is 3. The second-order valence-corrected chi connectivity index (χ2v) is 6.06. The first kappa shape index (κ1) is 13.9. The van der Waals surface area contributed by atoms with Crippen molar-refractivity contribution < 1.29 is 4.79 Å². The highest BCUT2D eigenvalue weighted by atomic mass is 16.1. The molecule has 0 amide bonds. The predicted molar refractivity (Wildman–Crippen MR) is 88.9 cm³/mol.